The van der Waals surface area contributed by atoms with E-state index >= 15 is 0 Å². The van der Waals surface area contributed by atoms with Crippen LogP contribution in [0, 0.1) is 12.7 Å². The lowest BCUT2D eigenvalue weighted by molar-refractivity contribution is 0.586. The van der Waals surface area contributed by atoms with Gasteiger partial charge in [-0.05, 0) is 41.8 Å². The summed E-state index contributed by atoms with van der Waals surface area (Å²) in [7, 11) is 0. The summed E-state index contributed by atoms with van der Waals surface area (Å²) in [6.07, 6.45) is 0. The summed E-state index contributed by atoms with van der Waals surface area (Å²) >= 11 is 1.84. The normalized spacial score (nSPS) is 19.2. The van der Waals surface area contributed by atoms with Gasteiger partial charge < -0.3 is 5.73 Å². The van der Waals surface area contributed by atoms with Crippen LogP contribution in [-0.4, -0.2) is 5.75 Å². The van der Waals surface area contributed by atoms with Crippen molar-refractivity contribution in [1.82, 2.24) is 0 Å². The number of thioether (sulfide) groups is 1. The quantitative estimate of drug-likeness (QED) is 0.894. The Morgan fingerprint density at radius 1 is 1.26 bits per heavy atom. The largest absolute Gasteiger partial charge is 0.323 e. The van der Waals surface area contributed by atoms with Gasteiger partial charge in [0.25, 0.3) is 0 Å². The first-order chi connectivity index (χ1) is 9.16. The highest BCUT2D eigenvalue weighted by molar-refractivity contribution is 7.99. The lowest BCUT2D eigenvalue weighted by Gasteiger charge is -2.22. The van der Waals surface area contributed by atoms with Crippen molar-refractivity contribution in [3.63, 3.8) is 0 Å². The Kier molecular flexibility index (Phi) is 3.33. The summed E-state index contributed by atoms with van der Waals surface area (Å²) in [4.78, 5) is 1.30. The van der Waals surface area contributed by atoms with Gasteiger partial charge in [0.1, 0.15) is 5.82 Å². The molecule has 0 amide bonds. The average molecular weight is 273 g/mol. The van der Waals surface area contributed by atoms with Gasteiger partial charge in [-0.15, -0.1) is 11.8 Å². The molecule has 0 bridgehead atoms. The molecule has 3 rings (SSSR count). The van der Waals surface area contributed by atoms with Gasteiger partial charge in [-0.25, -0.2) is 4.39 Å². The van der Waals surface area contributed by atoms with Crippen molar-refractivity contribution < 1.29 is 4.39 Å². The number of halogens is 1. The molecule has 98 valence electrons. The van der Waals surface area contributed by atoms with Gasteiger partial charge >= 0.3 is 0 Å². The fourth-order valence-corrected chi connectivity index (χ4v) is 3.98. The molecule has 2 aromatic rings. The maximum Gasteiger partial charge on any atom is 0.123 e. The molecule has 0 radical (unpaired) electrons. The third-order valence-electron chi connectivity index (χ3n) is 3.77. The highest BCUT2D eigenvalue weighted by Crippen LogP contribution is 2.45. The van der Waals surface area contributed by atoms with Crippen molar-refractivity contribution in [1.29, 1.82) is 0 Å². The number of rotatable bonds is 2. The zero-order chi connectivity index (χ0) is 13.4. The smallest absolute Gasteiger partial charge is 0.123 e. The van der Waals surface area contributed by atoms with E-state index in [9.17, 15) is 4.39 Å². The monoisotopic (exact) mass is 273 g/mol. The maximum atomic E-state index is 13.4. The highest BCUT2D eigenvalue weighted by atomic mass is 32.2. The first-order valence-corrected chi connectivity index (χ1v) is 7.39. The number of aryl methyl sites for hydroxylation is 1. The van der Waals surface area contributed by atoms with Gasteiger partial charge in [-0.2, -0.15) is 0 Å². The van der Waals surface area contributed by atoms with E-state index in [0.717, 1.165) is 16.9 Å². The predicted octanol–water partition coefficient (Wildman–Crippen LogP) is 4.02. The lowest BCUT2D eigenvalue weighted by Crippen LogP contribution is -2.21. The molecule has 19 heavy (non-hydrogen) atoms. The van der Waals surface area contributed by atoms with E-state index in [1.807, 2.05) is 30.8 Å². The predicted molar refractivity (Wildman–Crippen MR) is 78.0 cm³/mol. The third kappa shape index (κ3) is 2.28. The van der Waals surface area contributed by atoms with Crippen LogP contribution in [0.2, 0.25) is 0 Å². The van der Waals surface area contributed by atoms with E-state index < -0.39 is 0 Å². The minimum absolute atomic E-state index is 0.146. The molecule has 2 N–H and O–H groups in total. The second kappa shape index (κ2) is 4.99. The molecular formula is C16H16FNS. The zero-order valence-corrected chi connectivity index (χ0v) is 11.6. The van der Waals surface area contributed by atoms with Crippen molar-refractivity contribution >= 4 is 11.8 Å². The van der Waals surface area contributed by atoms with Crippen LogP contribution in [0.3, 0.4) is 0 Å². The third-order valence-corrected chi connectivity index (χ3v) is 4.98. The molecule has 0 saturated heterocycles. The maximum absolute atomic E-state index is 13.4. The van der Waals surface area contributed by atoms with Crippen LogP contribution in [0.5, 0.6) is 0 Å². The Morgan fingerprint density at radius 2 is 2.05 bits per heavy atom. The number of hydrogen-bond donors (Lipinski definition) is 1. The van der Waals surface area contributed by atoms with Gasteiger partial charge in [-0.3, -0.25) is 0 Å². The van der Waals surface area contributed by atoms with Crippen molar-refractivity contribution in [2.45, 2.75) is 23.8 Å². The number of fused-ring (bicyclic) bond motifs is 1. The summed E-state index contributed by atoms with van der Waals surface area (Å²) < 4.78 is 13.4. The summed E-state index contributed by atoms with van der Waals surface area (Å²) in [5.41, 5.74) is 9.68. The van der Waals surface area contributed by atoms with Gasteiger partial charge in [0.2, 0.25) is 0 Å². The fourth-order valence-electron chi connectivity index (χ4n) is 2.67. The van der Waals surface area contributed by atoms with E-state index in [0.29, 0.717) is 0 Å². The van der Waals surface area contributed by atoms with Crippen LogP contribution < -0.4 is 5.73 Å². The minimum atomic E-state index is -0.213. The van der Waals surface area contributed by atoms with Crippen LogP contribution in [0.1, 0.15) is 28.7 Å². The van der Waals surface area contributed by atoms with Gasteiger partial charge in [0.15, 0.2) is 0 Å². The van der Waals surface area contributed by atoms with Gasteiger partial charge in [0.05, 0.1) is 0 Å². The van der Waals surface area contributed by atoms with Crippen molar-refractivity contribution in [3.05, 3.63) is 65.0 Å². The van der Waals surface area contributed by atoms with E-state index in [-0.39, 0.29) is 17.8 Å². The zero-order valence-electron chi connectivity index (χ0n) is 10.8. The average Bonchev–Trinajstić information content (AvgIpc) is 2.84. The number of nitrogens with two attached hydrogens (primary N) is 1. The Labute approximate surface area is 117 Å². The minimum Gasteiger partial charge on any atom is -0.323 e. The standard InChI is InChI=1S/C16H16FNS/c1-10-6-7-11(17)8-13(10)16(18)14-9-19-15-5-3-2-4-12(14)15/h2-8,14,16H,9,18H2,1H3. The summed E-state index contributed by atoms with van der Waals surface area (Å²) in [6, 6.07) is 13.1. The second-order valence-corrected chi connectivity index (χ2v) is 6.04. The van der Waals surface area contributed by atoms with E-state index in [1.54, 1.807) is 12.1 Å². The van der Waals surface area contributed by atoms with E-state index in [4.69, 9.17) is 5.73 Å². The van der Waals surface area contributed by atoms with Crippen molar-refractivity contribution in [2.75, 3.05) is 5.75 Å². The van der Waals surface area contributed by atoms with Crippen LogP contribution >= 0.6 is 11.8 Å². The Balaban J connectivity index is 1.97. The Bertz CT molecular complexity index is 611. The summed E-state index contributed by atoms with van der Waals surface area (Å²) in [5.74, 6) is 1.02. The molecule has 0 spiro atoms. The SMILES string of the molecule is Cc1ccc(F)cc1C(N)C1CSc2ccccc21. The Morgan fingerprint density at radius 3 is 2.89 bits per heavy atom. The lowest BCUT2D eigenvalue weighted by atomic mass is 9.87. The molecule has 1 aliphatic heterocycles. The van der Waals surface area contributed by atoms with Crippen LogP contribution in [-0.2, 0) is 0 Å². The van der Waals surface area contributed by atoms with Crippen molar-refractivity contribution in [2.24, 2.45) is 5.73 Å². The Hall–Kier alpha value is -1.32. The van der Waals surface area contributed by atoms with E-state index in [1.165, 1.54) is 16.5 Å². The fraction of sp³-hybridized carbons (Fsp3) is 0.250. The molecule has 2 atom stereocenters. The molecule has 3 heteroatoms. The topological polar surface area (TPSA) is 26.0 Å². The van der Waals surface area contributed by atoms with Gasteiger partial charge in [-0.1, -0.05) is 24.3 Å². The number of benzene rings is 2. The molecule has 2 unspecified atom stereocenters. The molecule has 0 aromatic heterocycles. The van der Waals surface area contributed by atoms with Crippen LogP contribution in [0.4, 0.5) is 4.39 Å². The molecular weight excluding hydrogens is 257 g/mol. The van der Waals surface area contributed by atoms with Crippen molar-refractivity contribution in [3.8, 4) is 0 Å². The highest BCUT2D eigenvalue weighted by Gasteiger charge is 2.29. The van der Waals surface area contributed by atoms with Crippen LogP contribution in [0.15, 0.2) is 47.4 Å². The number of hydrogen-bond acceptors (Lipinski definition) is 2. The summed E-state index contributed by atoms with van der Waals surface area (Å²) in [6.45, 7) is 1.99. The molecule has 1 heterocycles. The first kappa shape index (κ1) is 12.7. The molecule has 1 aliphatic rings. The van der Waals surface area contributed by atoms with E-state index in [2.05, 4.69) is 12.1 Å². The van der Waals surface area contributed by atoms with Crippen LogP contribution in [0.25, 0.3) is 0 Å². The first-order valence-electron chi connectivity index (χ1n) is 6.40. The molecule has 0 aliphatic carbocycles. The molecule has 0 fully saturated rings. The second-order valence-electron chi connectivity index (χ2n) is 4.98. The van der Waals surface area contributed by atoms with Gasteiger partial charge in [0, 0.05) is 22.6 Å². The molecule has 0 saturated carbocycles. The summed E-state index contributed by atoms with van der Waals surface area (Å²) in [5, 5.41) is 0. The molecule has 1 nitrogen and oxygen atoms in total. The molecule has 2 aromatic carbocycles.